The average Bonchev–Trinajstić information content (AvgIpc) is 3.08. The molecule has 0 saturated carbocycles. The second kappa shape index (κ2) is 8.70. The molecule has 1 amide bonds. The van der Waals surface area contributed by atoms with E-state index in [1.54, 1.807) is 7.11 Å². The highest BCUT2D eigenvalue weighted by Crippen LogP contribution is 2.24. The molecule has 0 unspecified atom stereocenters. The normalized spacial score (nSPS) is 15.0. The van der Waals surface area contributed by atoms with E-state index >= 15 is 0 Å². The van der Waals surface area contributed by atoms with Crippen LogP contribution in [-0.2, 0) is 17.8 Å². The Morgan fingerprint density at radius 1 is 1.03 bits per heavy atom. The largest absolute Gasteiger partial charge is 0.497 e. The Bertz CT molecular complexity index is 969. The van der Waals surface area contributed by atoms with Gasteiger partial charge in [-0.25, -0.2) is 0 Å². The second-order valence-corrected chi connectivity index (χ2v) is 7.78. The van der Waals surface area contributed by atoms with E-state index in [-0.39, 0.29) is 5.91 Å². The van der Waals surface area contributed by atoms with Crippen LogP contribution in [0.4, 0.5) is 0 Å². The zero-order valence-electron chi connectivity index (χ0n) is 17.3. The number of piperazine rings is 1. The van der Waals surface area contributed by atoms with Crippen LogP contribution in [0.2, 0.25) is 0 Å². The van der Waals surface area contributed by atoms with Gasteiger partial charge in [-0.3, -0.25) is 9.69 Å². The Hall–Kier alpha value is -2.79. The van der Waals surface area contributed by atoms with Crippen molar-refractivity contribution in [2.75, 3.05) is 33.3 Å². The SMILES string of the molecule is COc1ccc(CCC(=O)N2CCN(Cc3c(C)[nH]c4ccccc34)CC2)cc1. The van der Waals surface area contributed by atoms with Crippen LogP contribution in [0.5, 0.6) is 5.75 Å². The molecule has 0 spiro atoms. The van der Waals surface area contributed by atoms with Gasteiger partial charge in [-0.15, -0.1) is 0 Å². The summed E-state index contributed by atoms with van der Waals surface area (Å²) in [5.41, 5.74) is 4.99. The number of amides is 1. The van der Waals surface area contributed by atoms with Crippen LogP contribution in [0.15, 0.2) is 48.5 Å². The third-order valence-corrected chi connectivity index (χ3v) is 5.92. The number of aryl methyl sites for hydroxylation is 2. The molecule has 1 fully saturated rings. The molecule has 1 aromatic heterocycles. The quantitative estimate of drug-likeness (QED) is 0.696. The van der Waals surface area contributed by atoms with E-state index in [9.17, 15) is 4.79 Å². The molecule has 5 heteroatoms. The van der Waals surface area contributed by atoms with Gasteiger partial charge in [-0.2, -0.15) is 0 Å². The maximum absolute atomic E-state index is 12.6. The fourth-order valence-corrected chi connectivity index (χ4v) is 4.12. The molecule has 0 aliphatic carbocycles. The molecule has 1 saturated heterocycles. The number of aromatic nitrogens is 1. The first kappa shape index (κ1) is 19.5. The minimum absolute atomic E-state index is 0.253. The summed E-state index contributed by atoms with van der Waals surface area (Å²) in [4.78, 5) is 20.6. The lowest BCUT2D eigenvalue weighted by Crippen LogP contribution is -2.48. The van der Waals surface area contributed by atoms with Crippen LogP contribution < -0.4 is 4.74 Å². The van der Waals surface area contributed by atoms with E-state index in [2.05, 4.69) is 41.1 Å². The lowest BCUT2D eigenvalue weighted by Gasteiger charge is -2.35. The van der Waals surface area contributed by atoms with E-state index in [4.69, 9.17) is 4.74 Å². The van der Waals surface area contributed by atoms with Gasteiger partial charge in [0.1, 0.15) is 5.75 Å². The summed E-state index contributed by atoms with van der Waals surface area (Å²) in [7, 11) is 1.66. The van der Waals surface area contributed by atoms with E-state index in [0.717, 1.165) is 44.9 Å². The van der Waals surface area contributed by atoms with E-state index < -0.39 is 0 Å². The number of ether oxygens (including phenoxy) is 1. The summed E-state index contributed by atoms with van der Waals surface area (Å²) < 4.78 is 5.19. The summed E-state index contributed by atoms with van der Waals surface area (Å²) in [5, 5.41) is 1.31. The van der Waals surface area contributed by atoms with E-state index in [0.29, 0.717) is 6.42 Å². The van der Waals surface area contributed by atoms with Crippen molar-refractivity contribution in [2.24, 2.45) is 0 Å². The van der Waals surface area contributed by atoms with Crippen molar-refractivity contribution in [3.63, 3.8) is 0 Å². The van der Waals surface area contributed by atoms with Gasteiger partial charge < -0.3 is 14.6 Å². The molecular formula is C24H29N3O2. The van der Waals surface area contributed by atoms with Crippen LogP contribution in [0.3, 0.4) is 0 Å². The molecule has 4 rings (SSSR count). The van der Waals surface area contributed by atoms with Gasteiger partial charge in [-0.1, -0.05) is 30.3 Å². The first-order chi connectivity index (χ1) is 14.1. The standard InChI is InChI=1S/C24H29N3O2/c1-18-22(21-5-3-4-6-23(21)25-18)17-26-13-15-27(16-14-26)24(28)12-9-19-7-10-20(29-2)11-8-19/h3-8,10-11,25H,9,12-17H2,1-2H3. The summed E-state index contributed by atoms with van der Waals surface area (Å²) in [6, 6.07) is 16.5. The van der Waals surface area contributed by atoms with Gasteiger partial charge >= 0.3 is 0 Å². The van der Waals surface area contributed by atoms with Gasteiger partial charge in [0.05, 0.1) is 7.11 Å². The number of carbonyl (C=O) groups excluding carboxylic acids is 1. The molecule has 2 heterocycles. The number of hydrogen-bond acceptors (Lipinski definition) is 3. The molecular weight excluding hydrogens is 362 g/mol. The third-order valence-electron chi connectivity index (χ3n) is 5.92. The molecule has 1 aliphatic heterocycles. The van der Waals surface area contributed by atoms with Gasteiger partial charge in [0.25, 0.3) is 0 Å². The fraction of sp³-hybridized carbons (Fsp3) is 0.375. The first-order valence-electron chi connectivity index (χ1n) is 10.3. The molecule has 0 bridgehead atoms. The van der Waals surface area contributed by atoms with Gasteiger partial charge in [-0.05, 0) is 42.7 Å². The number of nitrogens with one attached hydrogen (secondary N) is 1. The number of rotatable bonds is 6. The molecule has 1 aliphatic rings. The number of carbonyl (C=O) groups is 1. The lowest BCUT2D eigenvalue weighted by atomic mass is 10.1. The van der Waals surface area contributed by atoms with E-state index in [1.165, 1.54) is 27.7 Å². The molecule has 29 heavy (non-hydrogen) atoms. The summed E-state index contributed by atoms with van der Waals surface area (Å²) in [6.45, 7) is 6.55. The van der Waals surface area contributed by atoms with Crippen LogP contribution >= 0.6 is 0 Å². The zero-order valence-corrected chi connectivity index (χ0v) is 17.3. The number of nitrogens with zero attached hydrogens (tertiary/aromatic N) is 2. The molecule has 2 aromatic carbocycles. The number of para-hydroxylation sites is 1. The van der Waals surface area contributed by atoms with Gasteiger partial charge in [0.2, 0.25) is 5.91 Å². The zero-order chi connectivity index (χ0) is 20.2. The van der Waals surface area contributed by atoms with Crippen molar-refractivity contribution in [1.29, 1.82) is 0 Å². The molecule has 0 atom stereocenters. The molecule has 5 nitrogen and oxygen atoms in total. The van der Waals surface area contributed by atoms with E-state index in [1.807, 2.05) is 29.2 Å². The van der Waals surface area contributed by atoms with Crippen molar-refractivity contribution >= 4 is 16.8 Å². The predicted octanol–water partition coefficient (Wildman–Crippen LogP) is 3.76. The second-order valence-electron chi connectivity index (χ2n) is 7.78. The van der Waals surface area contributed by atoms with Gasteiger partial charge in [0.15, 0.2) is 0 Å². The summed E-state index contributed by atoms with van der Waals surface area (Å²) in [6.07, 6.45) is 1.34. The minimum Gasteiger partial charge on any atom is -0.497 e. The highest BCUT2D eigenvalue weighted by molar-refractivity contribution is 5.84. The topological polar surface area (TPSA) is 48.6 Å². The minimum atomic E-state index is 0.253. The first-order valence-corrected chi connectivity index (χ1v) is 10.3. The number of fused-ring (bicyclic) bond motifs is 1. The lowest BCUT2D eigenvalue weighted by molar-refractivity contribution is -0.133. The maximum Gasteiger partial charge on any atom is 0.222 e. The van der Waals surface area contributed by atoms with Crippen molar-refractivity contribution in [2.45, 2.75) is 26.3 Å². The highest BCUT2D eigenvalue weighted by atomic mass is 16.5. The highest BCUT2D eigenvalue weighted by Gasteiger charge is 2.22. The van der Waals surface area contributed by atoms with Crippen LogP contribution in [0, 0.1) is 6.92 Å². The Balaban J connectivity index is 1.28. The fourth-order valence-electron chi connectivity index (χ4n) is 4.12. The predicted molar refractivity (Wildman–Crippen MR) is 116 cm³/mol. The van der Waals surface area contributed by atoms with Crippen LogP contribution in [0.1, 0.15) is 23.2 Å². The maximum atomic E-state index is 12.6. The van der Waals surface area contributed by atoms with Crippen LogP contribution in [-0.4, -0.2) is 54.0 Å². The Kier molecular flexibility index (Phi) is 5.86. The number of hydrogen-bond donors (Lipinski definition) is 1. The average molecular weight is 392 g/mol. The molecule has 152 valence electrons. The third kappa shape index (κ3) is 4.46. The van der Waals surface area contributed by atoms with Crippen molar-refractivity contribution in [3.8, 4) is 5.75 Å². The number of benzene rings is 2. The summed E-state index contributed by atoms with van der Waals surface area (Å²) in [5.74, 6) is 1.10. The van der Waals surface area contributed by atoms with Crippen molar-refractivity contribution < 1.29 is 9.53 Å². The Labute approximate surface area is 172 Å². The molecule has 3 aromatic rings. The van der Waals surface area contributed by atoms with Crippen molar-refractivity contribution in [1.82, 2.24) is 14.8 Å². The smallest absolute Gasteiger partial charge is 0.222 e. The number of aromatic amines is 1. The summed E-state index contributed by atoms with van der Waals surface area (Å²) >= 11 is 0. The Morgan fingerprint density at radius 2 is 1.76 bits per heavy atom. The molecule has 0 radical (unpaired) electrons. The van der Waals surface area contributed by atoms with Crippen LogP contribution in [0.25, 0.3) is 10.9 Å². The molecule has 1 N–H and O–H groups in total. The Morgan fingerprint density at radius 3 is 2.48 bits per heavy atom. The number of methoxy groups -OCH3 is 1. The number of H-pyrrole nitrogens is 1. The van der Waals surface area contributed by atoms with Crippen molar-refractivity contribution in [3.05, 3.63) is 65.4 Å². The monoisotopic (exact) mass is 391 g/mol. The van der Waals surface area contributed by atoms with Gasteiger partial charge in [0, 0.05) is 55.7 Å².